The van der Waals surface area contributed by atoms with Gasteiger partial charge in [0.05, 0.1) is 12.0 Å². The molecule has 0 bridgehead atoms. The van der Waals surface area contributed by atoms with E-state index in [0.29, 0.717) is 0 Å². The van der Waals surface area contributed by atoms with Crippen molar-refractivity contribution < 1.29 is 9.53 Å². The molecule has 2 aromatic heterocycles. The van der Waals surface area contributed by atoms with Crippen molar-refractivity contribution in [2.45, 2.75) is 39.7 Å². The highest BCUT2D eigenvalue weighted by Gasteiger charge is 2.24. The van der Waals surface area contributed by atoms with Gasteiger partial charge in [-0.3, -0.25) is 4.79 Å². The lowest BCUT2D eigenvalue weighted by molar-refractivity contribution is 0.0935. The van der Waals surface area contributed by atoms with Gasteiger partial charge in [-0.1, -0.05) is 0 Å². The van der Waals surface area contributed by atoms with Gasteiger partial charge in [0.1, 0.15) is 16.4 Å². The third-order valence-electron chi connectivity index (χ3n) is 5.56. The summed E-state index contributed by atoms with van der Waals surface area (Å²) in [7, 11) is 1.68. The van der Waals surface area contributed by atoms with E-state index < -0.39 is 0 Å². The first-order chi connectivity index (χ1) is 14.0. The van der Waals surface area contributed by atoms with Gasteiger partial charge in [0.2, 0.25) is 0 Å². The van der Waals surface area contributed by atoms with E-state index in [2.05, 4.69) is 32.3 Å². The van der Waals surface area contributed by atoms with E-state index in [4.69, 9.17) is 4.74 Å². The number of aromatic nitrogens is 2. The molecule has 3 aromatic rings. The summed E-state index contributed by atoms with van der Waals surface area (Å²) < 4.78 is 5.23. The lowest BCUT2D eigenvalue weighted by atomic mass is 10.0. The fourth-order valence-corrected chi connectivity index (χ4v) is 5.20. The van der Waals surface area contributed by atoms with Crippen LogP contribution in [0, 0.1) is 20.8 Å². The molecule has 7 heteroatoms. The molecule has 1 saturated heterocycles. The van der Waals surface area contributed by atoms with Crippen LogP contribution in [0.2, 0.25) is 0 Å². The van der Waals surface area contributed by atoms with Crippen LogP contribution in [0.15, 0.2) is 24.3 Å². The first-order valence-electron chi connectivity index (χ1n) is 9.90. The van der Waals surface area contributed by atoms with Crippen LogP contribution in [0.4, 0.5) is 5.69 Å². The molecule has 152 valence electrons. The van der Waals surface area contributed by atoms with Crippen LogP contribution in [0.3, 0.4) is 0 Å². The molecule has 0 saturated carbocycles. The van der Waals surface area contributed by atoms with Crippen molar-refractivity contribution in [1.29, 1.82) is 0 Å². The number of benzene rings is 1. The molecule has 1 amide bonds. The maximum Gasteiger partial charge on any atom is 0.261 e. The Morgan fingerprint density at radius 1 is 1.14 bits per heavy atom. The van der Waals surface area contributed by atoms with Crippen LogP contribution in [0.5, 0.6) is 5.75 Å². The Hall–Kier alpha value is -2.67. The largest absolute Gasteiger partial charge is 0.497 e. The molecule has 1 fully saturated rings. The van der Waals surface area contributed by atoms with E-state index in [0.717, 1.165) is 63.9 Å². The van der Waals surface area contributed by atoms with E-state index in [-0.39, 0.29) is 11.9 Å². The van der Waals surface area contributed by atoms with E-state index in [1.165, 1.54) is 17.0 Å². The maximum atomic E-state index is 12.9. The van der Waals surface area contributed by atoms with Gasteiger partial charge < -0.3 is 15.0 Å². The molecule has 0 unspecified atom stereocenters. The Bertz CT molecular complexity index is 1040. The minimum Gasteiger partial charge on any atom is -0.497 e. The van der Waals surface area contributed by atoms with Crippen molar-refractivity contribution in [3.8, 4) is 5.75 Å². The molecular formula is C22H26N4O2S. The molecule has 3 heterocycles. The second-order valence-corrected chi connectivity index (χ2v) is 8.52. The Kier molecular flexibility index (Phi) is 5.41. The van der Waals surface area contributed by atoms with E-state index in [1.54, 1.807) is 7.11 Å². The fraction of sp³-hybridized carbons (Fsp3) is 0.409. The summed E-state index contributed by atoms with van der Waals surface area (Å²) in [6.45, 7) is 7.70. The predicted molar refractivity (Wildman–Crippen MR) is 117 cm³/mol. The highest BCUT2D eigenvalue weighted by molar-refractivity contribution is 7.20. The Balaban J connectivity index is 1.42. The number of rotatable bonds is 4. The molecule has 1 N–H and O–H groups in total. The van der Waals surface area contributed by atoms with E-state index in [9.17, 15) is 4.79 Å². The highest BCUT2D eigenvalue weighted by atomic mass is 32.1. The number of ether oxygens (including phenoxy) is 1. The number of fused-ring (bicyclic) bond motifs is 1. The summed E-state index contributed by atoms with van der Waals surface area (Å²) in [6.07, 6.45) is 1.86. The number of nitrogens with zero attached hydrogens (tertiary/aromatic N) is 3. The number of anilines is 1. The third kappa shape index (κ3) is 3.92. The van der Waals surface area contributed by atoms with Gasteiger partial charge in [0.15, 0.2) is 0 Å². The first kappa shape index (κ1) is 19.6. The van der Waals surface area contributed by atoms with Gasteiger partial charge in [-0.15, -0.1) is 11.3 Å². The summed E-state index contributed by atoms with van der Waals surface area (Å²) in [5.41, 5.74) is 3.11. The van der Waals surface area contributed by atoms with Gasteiger partial charge in [0.25, 0.3) is 5.91 Å². The smallest absolute Gasteiger partial charge is 0.261 e. The summed E-state index contributed by atoms with van der Waals surface area (Å²) in [5, 5.41) is 4.25. The summed E-state index contributed by atoms with van der Waals surface area (Å²) >= 11 is 1.46. The number of carbonyl (C=O) groups is 1. The summed E-state index contributed by atoms with van der Waals surface area (Å²) in [4.78, 5) is 25.9. The molecule has 1 aromatic carbocycles. The second kappa shape index (κ2) is 7.99. The number of carbonyl (C=O) groups excluding carboxylic acids is 1. The Morgan fingerprint density at radius 3 is 2.48 bits per heavy atom. The minimum atomic E-state index is 0.00505. The molecule has 0 radical (unpaired) electrons. The van der Waals surface area contributed by atoms with Crippen LogP contribution in [0.25, 0.3) is 10.2 Å². The predicted octanol–water partition coefficient (Wildman–Crippen LogP) is 4.02. The van der Waals surface area contributed by atoms with Crippen molar-refractivity contribution in [2.75, 3.05) is 25.1 Å². The topological polar surface area (TPSA) is 67.3 Å². The second-order valence-electron chi connectivity index (χ2n) is 7.53. The standard InChI is InChI=1S/C22H26N4O2S/c1-13-19-14(2)23-15(3)24-22(19)29-20(13)21(27)25-16-9-11-26(12-10-16)17-5-7-18(28-4)8-6-17/h5-8,16H,9-12H2,1-4H3,(H,25,27). The van der Waals surface area contributed by atoms with Crippen LogP contribution in [-0.2, 0) is 0 Å². The van der Waals surface area contributed by atoms with Crippen molar-refractivity contribution in [2.24, 2.45) is 0 Å². The van der Waals surface area contributed by atoms with Crippen molar-refractivity contribution in [3.05, 3.63) is 46.2 Å². The summed E-state index contributed by atoms with van der Waals surface area (Å²) in [5.74, 6) is 1.62. The number of hydrogen-bond acceptors (Lipinski definition) is 6. The van der Waals surface area contributed by atoms with Crippen molar-refractivity contribution >= 4 is 33.1 Å². The number of aryl methyl sites for hydroxylation is 3. The van der Waals surface area contributed by atoms with Crippen LogP contribution in [-0.4, -0.2) is 42.1 Å². The zero-order valence-electron chi connectivity index (χ0n) is 17.3. The van der Waals surface area contributed by atoms with E-state index in [1.807, 2.05) is 32.9 Å². The van der Waals surface area contributed by atoms with Gasteiger partial charge >= 0.3 is 0 Å². The number of hydrogen-bond donors (Lipinski definition) is 1. The average molecular weight is 411 g/mol. The highest BCUT2D eigenvalue weighted by Crippen LogP contribution is 2.31. The Morgan fingerprint density at radius 2 is 1.83 bits per heavy atom. The van der Waals surface area contributed by atoms with Gasteiger partial charge in [-0.2, -0.15) is 0 Å². The minimum absolute atomic E-state index is 0.00505. The third-order valence-corrected chi connectivity index (χ3v) is 6.74. The average Bonchev–Trinajstić information content (AvgIpc) is 3.05. The molecule has 6 nitrogen and oxygen atoms in total. The molecule has 4 rings (SSSR count). The Labute approximate surface area is 174 Å². The number of amides is 1. The molecular weight excluding hydrogens is 384 g/mol. The van der Waals surface area contributed by atoms with Crippen molar-refractivity contribution in [3.63, 3.8) is 0 Å². The number of nitrogens with one attached hydrogen (secondary N) is 1. The quantitative estimate of drug-likeness (QED) is 0.704. The van der Waals surface area contributed by atoms with Crippen LogP contribution >= 0.6 is 11.3 Å². The first-order valence-corrected chi connectivity index (χ1v) is 10.7. The monoisotopic (exact) mass is 410 g/mol. The number of piperidine rings is 1. The SMILES string of the molecule is COc1ccc(N2CCC(NC(=O)c3sc4nc(C)nc(C)c4c3C)CC2)cc1. The summed E-state index contributed by atoms with van der Waals surface area (Å²) in [6, 6.07) is 8.34. The van der Waals surface area contributed by atoms with Crippen LogP contribution in [0.1, 0.15) is 39.6 Å². The zero-order chi connectivity index (χ0) is 20.5. The van der Waals surface area contributed by atoms with Crippen LogP contribution < -0.4 is 15.0 Å². The van der Waals surface area contributed by atoms with E-state index >= 15 is 0 Å². The lowest BCUT2D eigenvalue weighted by Gasteiger charge is -2.34. The van der Waals surface area contributed by atoms with Crippen molar-refractivity contribution in [1.82, 2.24) is 15.3 Å². The molecule has 0 atom stereocenters. The van der Waals surface area contributed by atoms with Gasteiger partial charge in [-0.05, 0) is 63.4 Å². The van der Waals surface area contributed by atoms with Gasteiger partial charge in [-0.25, -0.2) is 9.97 Å². The molecule has 1 aliphatic heterocycles. The molecule has 0 spiro atoms. The number of thiophene rings is 1. The maximum absolute atomic E-state index is 12.9. The molecule has 0 aliphatic carbocycles. The molecule has 1 aliphatic rings. The molecule has 29 heavy (non-hydrogen) atoms. The zero-order valence-corrected chi connectivity index (χ0v) is 18.1. The number of methoxy groups -OCH3 is 1. The van der Waals surface area contributed by atoms with Gasteiger partial charge in [0, 0.05) is 35.9 Å². The lowest BCUT2D eigenvalue weighted by Crippen LogP contribution is -2.44. The normalized spacial score (nSPS) is 15.0. The fourth-order valence-electron chi connectivity index (χ4n) is 4.02.